The number of carbonyl (C=O) groups is 3. The number of hydrogen-bond donors (Lipinski definition) is 1. The van der Waals surface area contributed by atoms with Gasteiger partial charge in [0.05, 0.1) is 5.57 Å². The molecule has 4 aliphatic rings. The average Bonchev–Trinajstić information content (AvgIpc) is 4.05. The number of benzene rings is 4. The molecule has 0 atom stereocenters. The molecule has 8 rings (SSSR count). The summed E-state index contributed by atoms with van der Waals surface area (Å²) in [6.07, 6.45) is 4.26. The molecule has 2 aliphatic carbocycles. The van der Waals surface area contributed by atoms with E-state index in [1.165, 1.54) is 6.07 Å². The van der Waals surface area contributed by atoms with Crippen molar-refractivity contribution in [2.75, 3.05) is 0 Å². The standard InChI is InChI=1S/C25H27ClO3.C24H24ClFO3/c1-14-6-10-18(20(26)12-14)16-9-11-17(15-7-8-15)19(13-16)21-22(27)24(2,3)29-25(4,5)23(21)28;1-23(2)21(27)20(22(28)24(3,4)29-23)18-11-14(7-9-16(18)13-5-6-13)17-10-8-15(25)12-19(17)26/h6,9-13,15,21H,7-8H2,1-5H3;7-13,27H,5-6H2,1-4H3. The van der Waals surface area contributed by atoms with Crippen LogP contribution in [0, 0.1) is 12.7 Å². The molecule has 0 bridgehead atoms. The fraction of sp³-hybridized carbons (Fsp3) is 0.408. The van der Waals surface area contributed by atoms with E-state index < -0.39 is 34.1 Å². The van der Waals surface area contributed by atoms with Gasteiger partial charge in [-0.1, -0.05) is 59.6 Å². The number of aliphatic hydroxyl groups excluding tert-OH is 1. The lowest BCUT2D eigenvalue weighted by Gasteiger charge is -2.43. The Morgan fingerprint density at radius 1 is 0.603 bits per heavy atom. The molecule has 0 radical (unpaired) electrons. The molecule has 9 heteroatoms. The van der Waals surface area contributed by atoms with Gasteiger partial charge in [-0.05, 0) is 175 Å². The van der Waals surface area contributed by atoms with Gasteiger partial charge < -0.3 is 14.6 Å². The van der Waals surface area contributed by atoms with Gasteiger partial charge in [0, 0.05) is 21.2 Å². The largest absolute Gasteiger partial charge is 0.508 e. The summed E-state index contributed by atoms with van der Waals surface area (Å²) in [7, 11) is 0. The van der Waals surface area contributed by atoms with Crippen molar-refractivity contribution in [3.63, 3.8) is 0 Å². The SMILES string of the molecule is CC1(C)OC(C)(C)C(O)=C(c2cc(-c3ccc(Cl)cc3F)ccc2C2CC2)C1=O.Cc1ccc(-c2ccc(C3CC3)c(C3C(=O)C(C)(C)OC(C)(C)C3=O)c2)c(Cl)c1. The highest BCUT2D eigenvalue weighted by atomic mass is 35.5. The maximum atomic E-state index is 14.5. The highest BCUT2D eigenvalue weighted by Crippen LogP contribution is 2.50. The number of ether oxygens (including phenoxy) is 2. The molecule has 4 aromatic rings. The summed E-state index contributed by atoms with van der Waals surface area (Å²) in [5.74, 6) is -1.18. The van der Waals surface area contributed by atoms with Crippen LogP contribution in [0.1, 0.15) is 127 Å². The lowest BCUT2D eigenvalue weighted by molar-refractivity contribution is -0.184. The Morgan fingerprint density at radius 2 is 1.14 bits per heavy atom. The maximum absolute atomic E-state index is 14.5. The van der Waals surface area contributed by atoms with Crippen LogP contribution >= 0.6 is 23.2 Å². The summed E-state index contributed by atoms with van der Waals surface area (Å²) in [5.41, 5.74) is 3.71. The third-order valence-electron chi connectivity index (χ3n) is 11.7. The van der Waals surface area contributed by atoms with Gasteiger partial charge in [0.25, 0.3) is 0 Å². The van der Waals surface area contributed by atoms with Gasteiger partial charge >= 0.3 is 0 Å². The first kappa shape index (κ1) is 42.0. The number of ketones is 3. The highest BCUT2D eigenvalue weighted by Gasteiger charge is 2.54. The van der Waals surface area contributed by atoms with Gasteiger partial charge in [-0.25, -0.2) is 4.39 Å². The molecule has 3 fully saturated rings. The molecule has 0 unspecified atom stereocenters. The maximum Gasteiger partial charge on any atom is 0.198 e. The summed E-state index contributed by atoms with van der Waals surface area (Å²) in [4.78, 5) is 39.9. The lowest BCUT2D eigenvalue weighted by atomic mass is 9.73. The van der Waals surface area contributed by atoms with E-state index in [2.05, 4.69) is 12.1 Å². The quantitative estimate of drug-likeness (QED) is 0.195. The van der Waals surface area contributed by atoms with Crippen LogP contribution < -0.4 is 0 Å². The van der Waals surface area contributed by atoms with Crippen molar-refractivity contribution in [3.8, 4) is 22.3 Å². The van der Waals surface area contributed by atoms with E-state index in [1.54, 1.807) is 73.6 Å². The second kappa shape index (κ2) is 14.8. The van der Waals surface area contributed by atoms with Gasteiger partial charge in [-0.3, -0.25) is 14.4 Å². The Kier molecular flexibility index (Phi) is 10.7. The molecule has 6 nitrogen and oxygen atoms in total. The van der Waals surface area contributed by atoms with Gasteiger partial charge in [0.2, 0.25) is 0 Å². The number of hydrogen-bond acceptors (Lipinski definition) is 6. The Hall–Kier alpha value is -4.14. The van der Waals surface area contributed by atoms with Crippen LogP contribution in [0.3, 0.4) is 0 Å². The van der Waals surface area contributed by atoms with Crippen LogP contribution in [0.25, 0.3) is 27.8 Å². The predicted molar refractivity (Wildman–Crippen MR) is 228 cm³/mol. The van der Waals surface area contributed by atoms with Crippen molar-refractivity contribution in [3.05, 3.63) is 122 Å². The van der Waals surface area contributed by atoms with Gasteiger partial charge in [0.1, 0.15) is 39.9 Å². The number of halogens is 3. The second-order valence-corrected chi connectivity index (χ2v) is 19.1. The average molecular weight is 826 g/mol. The fourth-order valence-corrected chi connectivity index (χ4v) is 9.06. The summed E-state index contributed by atoms with van der Waals surface area (Å²) in [5, 5.41) is 12.0. The molecule has 2 aliphatic heterocycles. The van der Waals surface area contributed by atoms with E-state index >= 15 is 0 Å². The second-order valence-electron chi connectivity index (χ2n) is 18.3. The minimum absolute atomic E-state index is 0.0857. The van der Waals surface area contributed by atoms with E-state index in [-0.39, 0.29) is 28.7 Å². The van der Waals surface area contributed by atoms with E-state index in [9.17, 15) is 23.9 Å². The van der Waals surface area contributed by atoms with Crippen LogP contribution in [0.5, 0.6) is 0 Å². The summed E-state index contributed by atoms with van der Waals surface area (Å²) < 4.78 is 26.3. The molecule has 1 saturated heterocycles. The lowest BCUT2D eigenvalue weighted by Crippen LogP contribution is -2.58. The number of carbonyl (C=O) groups excluding carboxylic acids is 3. The number of aryl methyl sites for hydroxylation is 1. The monoisotopic (exact) mass is 824 g/mol. The molecule has 58 heavy (non-hydrogen) atoms. The molecular formula is C49H51Cl2FO6. The van der Waals surface area contributed by atoms with Crippen LogP contribution in [0.4, 0.5) is 4.39 Å². The third kappa shape index (κ3) is 7.95. The van der Waals surface area contributed by atoms with Crippen LogP contribution in [-0.4, -0.2) is 44.9 Å². The van der Waals surface area contributed by atoms with E-state index in [0.29, 0.717) is 38.6 Å². The molecular weight excluding hydrogens is 774 g/mol. The van der Waals surface area contributed by atoms with Crippen molar-refractivity contribution in [1.82, 2.24) is 0 Å². The van der Waals surface area contributed by atoms with Gasteiger partial charge in [-0.15, -0.1) is 0 Å². The van der Waals surface area contributed by atoms with Gasteiger partial charge in [-0.2, -0.15) is 0 Å². The molecule has 0 spiro atoms. The number of rotatable bonds is 6. The molecule has 1 N–H and O–H groups in total. The highest BCUT2D eigenvalue weighted by molar-refractivity contribution is 6.33. The van der Waals surface area contributed by atoms with Crippen molar-refractivity contribution in [2.45, 2.75) is 128 Å². The first-order valence-corrected chi connectivity index (χ1v) is 20.8. The van der Waals surface area contributed by atoms with Crippen LogP contribution in [0.2, 0.25) is 10.0 Å². The molecule has 2 saturated carbocycles. The van der Waals surface area contributed by atoms with Crippen molar-refractivity contribution in [2.24, 2.45) is 0 Å². The Balaban J connectivity index is 0.000000177. The van der Waals surface area contributed by atoms with Crippen molar-refractivity contribution in [1.29, 1.82) is 0 Å². The summed E-state index contributed by atoms with van der Waals surface area (Å²) >= 11 is 12.4. The van der Waals surface area contributed by atoms with Crippen LogP contribution in [-0.2, 0) is 23.9 Å². The topological polar surface area (TPSA) is 89.9 Å². The van der Waals surface area contributed by atoms with E-state index in [4.69, 9.17) is 32.7 Å². The zero-order chi connectivity index (χ0) is 42.3. The zero-order valence-corrected chi connectivity index (χ0v) is 36.1. The Bertz CT molecular complexity index is 2370. The van der Waals surface area contributed by atoms with Gasteiger partial charge in [0.15, 0.2) is 17.3 Å². The van der Waals surface area contributed by atoms with E-state index in [0.717, 1.165) is 59.1 Å². The van der Waals surface area contributed by atoms with Crippen molar-refractivity contribution >= 4 is 46.1 Å². The first-order chi connectivity index (χ1) is 27.0. The number of Topliss-reactive ketones (excluding diaryl/α,β-unsaturated/α-hetero) is 3. The summed E-state index contributed by atoms with van der Waals surface area (Å²) in [6.45, 7) is 15.9. The Labute approximate surface area is 350 Å². The van der Waals surface area contributed by atoms with Crippen LogP contribution in [0.15, 0.2) is 78.6 Å². The normalized spacial score (nSPS) is 21.1. The fourth-order valence-electron chi connectivity index (χ4n) is 8.55. The van der Waals surface area contributed by atoms with E-state index in [1.807, 2.05) is 43.3 Å². The predicted octanol–water partition coefficient (Wildman–Crippen LogP) is 12.5. The molecule has 0 aromatic heterocycles. The zero-order valence-electron chi connectivity index (χ0n) is 34.6. The molecule has 304 valence electrons. The number of aliphatic hydroxyl groups is 1. The van der Waals surface area contributed by atoms with Crippen molar-refractivity contribution < 1.29 is 33.4 Å². The minimum atomic E-state index is -1.08. The molecule has 0 amide bonds. The molecule has 4 aromatic carbocycles. The smallest absolute Gasteiger partial charge is 0.198 e. The third-order valence-corrected chi connectivity index (χ3v) is 12.3. The molecule has 2 heterocycles. The Morgan fingerprint density at radius 3 is 1.71 bits per heavy atom. The first-order valence-electron chi connectivity index (χ1n) is 20.0. The minimum Gasteiger partial charge on any atom is -0.508 e. The summed E-state index contributed by atoms with van der Waals surface area (Å²) in [6, 6.07) is 22.2.